The van der Waals surface area contributed by atoms with Crippen molar-refractivity contribution in [1.29, 1.82) is 0 Å². The summed E-state index contributed by atoms with van der Waals surface area (Å²) in [7, 11) is 0. The van der Waals surface area contributed by atoms with Crippen molar-refractivity contribution in [1.82, 2.24) is 15.1 Å². The lowest BCUT2D eigenvalue weighted by Crippen LogP contribution is -2.37. The molecule has 1 saturated heterocycles. The molecule has 0 unspecified atom stereocenters. The first kappa shape index (κ1) is 20.1. The Kier molecular flexibility index (Phi) is 6.09. The monoisotopic (exact) mass is 408 g/mol. The highest BCUT2D eigenvalue weighted by Crippen LogP contribution is 2.30. The van der Waals surface area contributed by atoms with Gasteiger partial charge in [-0.2, -0.15) is 5.10 Å². The van der Waals surface area contributed by atoms with Gasteiger partial charge in [-0.3, -0.25) is 9.48 Å². The highest BCUT2D eigenvalue weighted by molar-refractivity contribution is 5.78. The van der Waals surface area contributed by atoms with Crippen molar-refractivity contribution >= 4 is 11.7 Å². The van der Waals surface area contributed by atoms with E-state index in [1.165, 1.54) is 17.7 Å². The maximum Gasteiger partial charge on any atom is 0.241 e. The smallest absolute Gasteiger partial charge is 0.241 e. The maximum atomic E-state index is 13.0. The van der Waals surface area contributed by atoms with Gasteiger partial charge in [0.05, 0.1) is 13.2 Å². The summed E-state index contributed by atoms with van der Waals surface area (Å²) in [5.74, 6) is 0.431. The number of amides is 1. The Morgan fingerprint density at radius 1 is 1.10 bits per heavy atom. The number of rotatable bonds is 6. The number of halogens is 1. The summed E-state index contributed by atoms with van der Waals surface area (Å²) in [5, 5.41) is 7.58. The number of morpholine rings is 1. The minimum Gasteiger partial charge on any atom is -0.378 e. The number of hydrogen-bond donors (Lipinski definition) is 1. The highest BCUT2D eigenvalue weighted by Gasteiger charge is 2.20. The Morgan fingerprint density at radius 3 is 2.50 bits per heavy atom. The zero-order chi connectivity index (χ0) is 20.9. The van der Waals surface area contributed by atoms with Gasteiger partial charge in [-0.25, -0.2) is 4.39 Å². The molecular formula is C23H25FN4O2. The van der Waals surface area contributed by atoms with Gasteiger partial charge in [0.25, 0.3) is 0 Å². The third-order valence-electron chi connectivity index (χ3n) is 5.12. The van der Waals surface area contributed by atoms with Crippen LogP contribution in [-0.4, -0.2) is 42.0 Å². The average Bonchev–Trinajstić information content (AvgIpc) is 3.18. The molecule has 0 spiro atoms. The van der Waals surface area contributed by atoms with Crippen LogP contribution in [0.1, 0.15) is 11.1 Å². The van der Waals surface area contributed by atoms with Crippen molar-refractivity contribution in [2.24, 2.45) is 0 Å². The first-order chi connectivity index (χ1) is 14.6. The third kappa shape index (κ3) is 4.86. The molecule has 1 aromatic heterocycles. The lowest BCUT2D eigenvalue weighted by atomic mass is 10.1. The van der Waals surface area contributed by atoms with Gasteiger partial charge in [0.1, 0.15) is 12.4 Å². The minimum atomic E-state index is -0.291. The number of aryl methyl sites for hydroxylation is 1. The molecule has 0 bridgehead atoms. The van der Waals surface area contributed by atoms with Crippen molar-refractivity contribution in [3.8, 4) is 11.1 Å². The SMILES string of the molecule is Cc1ccc(-c2cn(CC(=O)NCc3ccc(F)cc3)nc2N2CCOCC2)cc1. The fraction of sp³-hybridized carbons (Fsp3) is 0.304. The zero-order valence-corrected chi connectivity index (χ0v) is 17.0. The summed E-state index contributed by atoms with van der Waals surface area (Å²) in [5.41, 5.74) is 4.11. The van der Waals surface area contributed by atoms with E-state index in [9.17, 15) is 9.18 Å². The van der Waals surface area contributed by atoms with Crippen molar-refractivity contribution in [3.05, 3.63) is 71.7 Å². The van der Waals surface area contributed by atoms with Crippen molar-refractivity contribution < 1.29 is 13.9 Å². The van der Waals surface area contributed by atoms with Crippen LogP contribution in [0.15, 0.2) is 54.7 Å². The van der Waals surface area contributed by atoms with Crippen LogP contribution < -0.4 is 10.2 Å². The number of hydrogen-bond acceptors (Lipinski definition) is 4. The van der Waals surface area contributed by atoms with E-state index in [0.717, 1.165) is 35.6 Å². The molecule has 0 saturated carbocycles. The predicted molar refractivity (Wildman–Crippen MR) is 114 cm³/mol. The number of nitrogens with zero attached hydrogens (tertiary/aromatic N) is 3. The Morgan fingerprint density at radius 2 is 1.80 bits per heavy atom. The first-order valence-electron chi connectivity index (χ1n) is 10.1. The summed E-state index contributed by atoms with van der Waals surface area (Å²) in [6, 6.07) is 14.4. The Hall–Kier alpha value is -3.19. The fourth-order valence-electron chi connectivity index (χ4n) is 3.44. The second-order valence-corrected chi connectivity index (χ2v) is 7.43. The Labute approximate surface area is 175 Å². The maximum absolute atomic E-state index is 13.0. The molecule has 1 N–H and O–H groups in total. The van der Waals surface area contributed by atoms with Crippen molar-refractivity contribution in [2.75, 3.05) is 31.2 Å². The van der Waals surface area contributed by atoms with E-state index < -0.39 is 0 Å². The second-order valence-electron chi connectivity index (χ2n) is 7.43. The fourth-order valence-corrected chi connectivity index (χ4v) is 3.44. The molecule has 0 radical (unpaired) electrons. The summed E-state index contributed by atoms with van der Waals surface area (Å²) >= 11 is 0. The molecule has 1 amide bonds. The molecule has 4 rings (SSSR count). The van der Waals surface area contributed by atoms with Crippen LogP contribution in [0.3, 0.4) is 0 Å². The molecule has 2 aromatic carbocycles. The number of carbonyl (C=O) groups excluding carboxylic acids is 1. The molecule has 30 heavy (non-hydrogen) atoms. The number of ether oxygens (including phenoxy) is 1. The minimum absolute atomic E-state index is 0.115. The van der Waals surface area contributed by atoms with Crippen LogP contribution in [0.5, 0.6) is 0 Å². The molecule has 156 valence electrons. The van der Waals surface area contributed by atoms with Crippen LogP contribution in [0, 0.1) is 12.7 Å². The van der Waals surface area contributed by atoms with E-state index in [0.29, 0.717) is 19.8 Å². The van der Waals surface area contributed by atoms with Crippen LogP contribution >= 0.6 is 0 Å². The van der Waals surface area contributed by atoms with Crippen molar-refractivity contribution in [2.45, 2.75) is 20.0 Å². The number of carbonyl (C=O) groups is 1. The summed E-state index contributed by atoms with van der Waals surface area (Å²) < 4.78 is 20.2. The van der Waals surface area contributed by atoms with Gasteiger partial charge in [0.2, 0.25) is 5.91 Å². The molecule has 0 atom stereocenters. The second kappa shape index (κ2) is 9.09. The summed E-state index contributed by atoms with van der Waals surface area (Å²) in [6.07, 6.45) is 1.92. The van der Waals surface area contributed by atoms with Crippen molar-refractivity contribution in [3.63, 3.8) is 0 Å². The predicted octanol–water partition coefficient (Wildman–Crippen LogP) is 3.15. The third-order valence-corrected chi connectivity index (χ3v) is 5.12. The molecule has 6 nitrogen and oxygen atoms in total. The molecule has 7 heteroatoms. The number of aromatic nitrogens is 2. The van der Waals surface area contributed by atoms with Crippen LogP contribution in [0.4, 0.5) is 10.2 Å². The summed E-state index contributed by atoms with van der Waals surface area (Å²) in [6.45, 7) is 5.39. The lowest BCUT2D eigenvalue weighted by Gasteiger charge is -2.27. The van der Waals surface area contributed by atoms with Gasteiger partial charge in [-0.05, 0) is 30.2 Å². The van der Waals surface area contributed by atoms with E-state index in [2.05, 4.69) is 41.4 Å². The molecule has 0 aliphatic carbocycles. The van der Waals surface area contributed by atoms with Gasteiger partial charge in [-0.1, -0.05) is 42.0 Å². The highest BCUT2D eigenvalue weighted by atomic mass is 19.1. The normalized spacial score (nSPS) is 14.0. The Bertz CT molecular complexity index is 993. The Balaban J connectivity index is 1.50. The van der Waals surface area contributed by atoms with Crippen LogP contribution in [-0.2, 0) is 22.6 Å². The topological polar surface area (TPSA) is 59.4 Å². The van der Waals surface area contributed by atoms with Gasteiger partial charge < -0.3 is 15.0 Å². The van der Waals surface area contributed by atoms with Crippen LogP contribution in [0.25, 0.3) is 11.1 Å². The molecule has 1 aliphatic rings. The lowest BCUT2D eigenvalue weighted by molar-refractivity contribution is -0.122. The van der Waals surface area contributed by atoms with Crippen LogP contribution in [0.2, 0.25) is 0 Å². The number of anilines is 1. The van der Waals surface area contributed by atoms with Gasteiger partial charge in [0, 0.05) is 31.4 Å². The molecule has 1 fully saturated rings. The first-order valence-corrected chi connectivity index (χ1v) is 10.1. The quantitative estimate of drug-likeness (QED) is 0.681. The van der Waals surface area contributed by atoms with E-state index in [-0.39, 0.29) is 18.3 Å². The van der Waals surface area contributed by atoms with Gasteiger partial charge >= 0.3 is 0 Å². The number of nitrogens with one attached hydrogen (secondary N) is 1. The largest absolute Gasteiger partial charge is 0.378 e. The van der Waals surface area contributed by atoms with E-state index in [1.807, 2.05) is 6.20 Å². The average molecular weight is 408 g/mol. The van der Waals surface area contributed by atoms with E-state index in [4.69, 9.17) is 9.84 Å². The molecular weight excluding hydrogens is 383 g/mol. The molecule has 3 aromatic rings. The summed E-state index contributed by atoms with van der Waals surface area (Å²) in [4.78, 5) is 14.7. The molecule has 2 heterocycles. The zero-order valence-electron chi connectivity index (χ0n) is 17.0. The number of benzene rings is 2. The van der Waals surface area contributed by atoms with Gasteiger partial charge in [0.15, 0.2) is 5.82 Å². The van der Waals surface area contributed by atoms with E-state index >= 15 is 0 Å². The van der Waals surface area contributed by atoms with Gasteiger partial charge in [-0.15, -0.1) is 0 Å². The standard InChI is InChI=1S/C23H25FN4O2/c1-17-2-6-19(7-3-17)21-15-28(26-23(21)27-10-12-30-13-11-27)16-22(29)25-14-18-4-8-20(24)9-5-18/h2-9,15H,10-14,16H2,1H3,(H,25,29). The van der Waals surface area contributed by atoms with E-state index in [1.54, 1.807) is 16.8 Å². The molecule has 1 aliphatic heterocycles.